The zero-order chi connectivity index (χ0) is 13.5. The Labute approximate surface area is 121 Å². The molecule has 6 heteroatoms. The van der Waals surface area contributed by atoms with Crippen LogP contribution < -0.4 is 5.32 Å². The van der Waals surface area contributed by atoms with Gasteiger partial charge in [-0.15, -0.1) is 16.9 Å². The van der Waals surface area contributed by atoms with Gasteiger partial charge >= 0.3 is 0 Å². The molecule has 0 unspecified atom stereocenters. The van der Waals surface area contributed by atoms with E-state index in [-0.39, 0.29) is 6.61 Å². The van der Waals surface area contributed by atoms with Gasteiger partial charge in [0.2, 0.25) is 0 Å². The number of hydrogen-bond acceptors (Lipinski definition) is 6. The number of aliphatic hydroxyl groups excluding tert-OH is 1. The Bertz CT molecular complexity index is 499. The monoisotopic (exact) mass is 295 g/mol. The van der Waals surface area contributed by atoms with Crippen molar-refractivity contribution in [3.8, 4) is 0 Å². The number of hydrogen-bond donors (Lipinski definition) is 2. The molecule has 1 aromatic carbocycles. The molecule has 0 fully saturated rings. The molecule has 0 saturated heterocycles. The smallest absolute Gasteiger partial charge is 0.134 e. The summed E-state index contributed by atoms with van der Waals surface area (Å²) in [7, 11) is 0. The molecule has 2 rings (SSSR count). The molecule has 2 aromatic rings. The van der Waals surface area contributed by atoms with E-state index in [0.29, 0.717) is 0 Å². The van der Waals surface area contributed by atoms with Gasteiger partial charge in [-0.2, -0.15) is 0 Å². The van der Waals surface area contributed by atoms with Crippen LogP contribution in [0.1, 0.15) is 24.6 Å². The first-order valence-electron chi connectivity index (χ1n) is 6.21. The van der Waals surface area contributed by atoms with Crippen LogP contribution in [0.5, 0.6) is 0 Å². The number of thioether (sulfide) groups is 1. The second-order valence-electron chi connectivity index (χ2n) is 4.07. The fraction of sp³-hybridized carbons (Fsp3) is 0.385. The molecule has 0 aliphatic heterocycles. The summed E-state index contributed by atoms with van der Waals surface area (Å²) in [5, 5.41) is 17.6. The highest BCUT2D eigenvalue weighted by molar-refractivity contribution is 7.98. The largest absolute Gasteiger partial charge is 0.392 e. The minimum Gasteiger partial charge on any atom is -0.392 e. The molecule has 1 heterocycles. The van der Waals surface area contributed by atoms with E-state index in [4.69, 9.17) is 5.11 Å². The highest BCUT2D eigenvalue weighted by atomic mass is 32.2. The number of aromatic nitrogens is 2. The maximum Gasteiger partial charge on any atom is 0.134 e. The molecule has 0 bridgehead atoms. The van der Waals surface area contributed by atoms with E-state index < -0.39 is 0 Å². The number of nitrogens with zero attached hydrogens (tertiary/aromatic N) is 2. The Morgan fingerprint density at radius 1 is 1.32 bits per heavy atom. The maximum atomic E-state index is 9.00. The Morgan fingerprint density at radius 2 is 2.11 bits per heavy atom. The van der Waals surface area contributed by atoms with Crippen molar-refractivity contribution in [2.24, 2.45) is 0 Å². The van der Waals surface area contributed by atoms with Gasteiger partial charge in [-0.05, 0) is 24.1 Å². The molecule has 0 spiro atoms. The molecule has 1 aromatic heterocycles. The first kappa shape index (κ1) is 14.3. The quantitative estimate of drug-likeness (QED) is 0.769. The number of nitrogens with one attached hydrogen (secondary N) is 1. The number of aliphatic hydroxyl groups is 1. The summed E-state index contributed by atoms with van der Waals surface area (Å²) in [6.45, 7) is 3.18. The third kappa shape index (κ3) is 4.19. The second-order valence-corrected chi connectivity index (χ2v) is 5.87. The van der Waals surface area contributed by atoms with E-state index in [1.165, 1.54) is 16.4 Å². The predicted molar refractivity (Wildman–Crippen MR) is 80.6 cm³/mol. The molecule has 4 nitrogen and oxygen atoms in total. The third-order valence-electron chi connectivity index (χ3n) is 2.57. The summed E-state index contributed by atoms with van der Waals surface area (Å²) in [6.07, 6.45) is 1.09. The van der Waals surface area contributed by atoms with Gasteiger partial charge in [-0.1, -0.05) is 23.5 Å². The Kier molecular flexibility index (Phi) is 5.62. The van der Waals surface area contributed by atoms with Crippen molar-refractivity contribution < 1.29 is 5.11 Å². The fourth-order valence-corrected chi connectivity index (χ4v) is 3.05. The lowest BCUT2D eigenvalue weighted by atomic mass is 10.2. The second kappa shape index (κ2) is 7.47. The molecule has 0 radical (unpaired) electrons. The van der Waals surface area contributed by atoms with Crippen LogP contribution >= 0.6 is 23.3 Å². The van der Waals surface area contributed by atoms with E-state index in [1.807, 2.05) is 24.3 Å². The van der Waals surface area contributed by atoms with E-state index in [9.17, 15) is 0 Å². The molecule has 19 heavy (non-hydrogen) atoms. The molecule has 2 N–H and O–H groups in total. The molecular formula is C13H17N3OS2. The summed E-state index contributed by atoms with van der Waals surface area (Å²) >= 11 is 3.14. The minimum absolute atomic E-state index is 0.0893. The van der Waals surface area contributed by atoms with Crippen molar-refractivity contribution in [3.05, 3.63) is 35.5 Å². The highest BCUT2D eigenvalue weighted by Gasteiger charge is 2.07. The Balaban J connectivity index is 1.92. The van der Waals surface area contributed by atoms with Gasteiger partial charge in [-0.3, -0.25) is 0 Å². The first-order valence-corrected chi connectivity index (χ1v) is 7.97. The zero-order valence-corrected chi connectivity index (χ0v) is 12.4. The molecule has 0 aliphatic rings. The van der Waals surface area contributed by atoms with Gasteiger partial charge in [-0.25, -0.2) is 0 Å². The molecular weight excluding hydrogens is 278 g/mol. The van der Waals surface area contributed by atoms with E-state index in [0.717, 1.165) is 35.0 Å². The Hall–Kier alpha value is -1.11. The minimum atomic E-state index is 0.0893. The van der Waals surface area contributed by atoms with Crippen LogP contribution in [0.3, 0.4) is 0 Å². The predicted octanol–water partition coefficient (Wildman–Crippen LogP) is 3.14. The molecule has 102 valence electrons. The fourth-order valence-electron chi connectivity index (χ4n) is 1.52. The van der Waals surface area contributed by atoms with Crippen LogP contribution in [-0.2, 0) is 12.4 Å². The van der Waals surface area contributed by atoms with Crippen LogP contribution in [0.25, 0.3) is 0 Å². The van der Waals surface area contributed by atoms with Crippen molar-refractivity contribution in [2.45, 2.75) is 30.6 Å². The van der Waals surface area contributed by atoms with Gasteiger partial charge in [0, 0.05) is 28.7 Å². The zero-order valence-electron chi connectivity index (χ0n) is 10.8. The number of rotatable bonds is 7. The van der Waals surface area contributed by atoms with Gasteiger partial charge in [0.1, 0.15) is 10.7 Å². The van der Waals surface area contributed by atoms with E-state index >= 15 is 0 Å². The van der Waals surface area contributed by atoms with E-state index in [1.54, 1.807) is 11.8 Å². The summed E-state index contributed by atoms with van der Waals surface area (Å²) in [4.78, 5) is 1.17. The first-order chi connectivity index (χ1) is 9.33. The highest BCUT2D eigenvalue weighted by Crippen LogP contribution is 2.27. The molecule has 0 atom stereocenters. The van der Waals surface area contributed by atoms with Crippen molar-refractivity contribution in [2.75, 3.05) is 11.9 Å². The van der Waals surface area contributed by atoms with Crippen molar-refractivity contribution in [1.29, 1.82) is 0 Å². The topological polar surface area (TPSA) is 58.0 Å². The van der Waals surface area contributed by atoms with Crippen LogP contribution in [-0.4, -0.2) is 21.2 Å². The number of benzene rings is 1. The van der Waals surface area contributed by atoms with Gasteiger partial charge in [0.15, 0.2) is 0 Å². The third-order valence-corrected chi connectivity index (χ3v) is 4.32. The van der Waals surface area contributed by atoms with Crippen molar-refractivity contribution in [1.82, 2.24) is 9.59 Å². The molecule has 0 saturated carbocycles. The summed E-state index contributed by atoms with van der Waals surface area (Å²) in [5.41, 5.74) is 1.94. The van der Waals surface area contributed by atoms with Gasteiger partial charge in [0.05, 0.1) is 6.61 Å². The summed E-state index contributed by atoms with van der Waals surface area (Å²) < 4.78 is 4.00. The molecule has 0 aliphatic carbocycles. The van der Waals surface area contributed by atoms with Gasteiger partial charge in [0.25, 0.3) is 0 Å². The SMILES string of the molecule is CCCNc1snnc1CSc1ccc(CO)cc1. The number of anilines is 1. The van der Waals surface area contributed by atoms with Crippen LogP contribution in [0.2, 0.25) is 0 Å². The van der Waals surface area contributed by atoms with Crippen LogP contribution in [0.15, 0.2) is 29.2 Å². The van der Waals surface area contributed by atoms with Crippen molar-refractivity contribution in [3.63, 3.8) is 0 Å². The van der Waals surface area contributed by atoms with E-state index in [2.05, 4.69) is 21.8 Å². The maximum absolute atomic E-state index is 9.00. The normalized spacial score (nSPS) is 10.6. The average Bonchev–Trinajstić information content (AvgIpc) is 2.91. The summed E-state index contributed by atoms with van der Waals surface area (Å²) in [6, 6.07) is 7.93. The molecule has 0 amide bonds. The van der Waals surface area contributed by atoms with Gasteiger partial charge < -0.3 is 10.4 Å². The van der Waals surface area contributed by atoms with Crippen molar-refractivity contribution >= 4 is 28.3 Å². The van der Waals surface area contributed by atoms with Crippen LogP contribution in [0, 0.1) is 0 Å². The lowest BCUT2D eigenvalue weighted by molar-refractivity contribution is 0.282. The lowest BCUT2D eigenvalue weighted by Crippen LogP contribution is -2.00. The Morgan fingerprint density at radius 3 is 2.79 bits per heavy atom. The lowest BCUT2D eigenvalue weighted by Gasteiger charge is -2.04. The summed E-state index contributed by atoms with van der Waals surface area (Å²) in [5.74, 6) is 0.807. The average molecular weight is 295 g/mol. The van der Waals surface area contributed by atoms with Crippen LogP contribution in [0.4, 0.5) is 5.00 Å². The standard InChI is InChI=1S/C13H17N3OS2/c1-2-7-14-13-12(15-16-19-13)9-18-11-5-3-10(8-17)4-6-11/h3-6,14,17H,2,7-9H2,1H3.